The minimum absolute atomic E-state index is 0.0928. The summed E-state index contributed by atoms with van der Waals surface area (Å²) in [6, 6.07) is 6.17. The molecule has 2 fully saturated rings. The lowest BCUT2D eigenvalue weighted by Gasteiger charge is -2.45. The van der Waals surface area contributed by atoms with Gasteiger partial charge < -0.3 is 4.90 Å². The molecule has 1 atom stereocenters. The Hall–Kier alpha value is -1.42. The van der Waals surface area contributed by atoms with Gasteiger partial charge in [0.25, 0.3) is 5.91 Å². The van der Waals surface area contributed by atoms with Gasteiger partial charge in [0.15, 0.2) is 0 Å². The van der Waals surface area contributed by atoms with E-state index in [1.807, 2.05) is 36.9 Å². The van der Waals surface area contributed by atoms with Gasteiger partial charge in [-0.05, 0) is 43.7 Å². The third-order valence-electron chi connectivity index (χ3n) is 5.24. The van der Waals surface area contributed by atoms with E-state index < -0.39 is 0 Å². The monoisotopic (exact) mass is 331 g/mol. The number of hydrogen-bond acceptors (Lipinski definition) is 3. The quantitative estimate of drug-likeness (QED) is 0.837. The molecule has 2 saturated heterocycles. The van der Waals surface area contributed by atoms with E-state index in [9.17, 15) is 4.79 Å². The molecule has 3 rings (SSSR count). The van der Waals surface area contributed by atoms with E-state index in [2.05, 4.69) is 30.7 Å². The van der Waals surface area contributed by atoms with Crippen LogP contribution in [0.3, 0.4) is 0 Å². The van der Waals surface area contributed by atoms with Gasteiger partial charge in [0.2, 0.25) is 0 Å². The molecule has 0 bridgehead atoms. The van der Waals surface area contributed by atoms with Crippen molar-refractivity contribution in [1.82, 2.24) is 14.8 Å². The van der Waals surface area contributed by atoms with Crippen LogP contribution >= 0.6 is 0 Å². The number of carbonyl (C=O) groups excluding carboxylic acids is 1. The number of carbonyl (C=O) groups is 1. The molecule has 134 valence electrons. The predicted molar refractivity (Wildman–Crippen MR) is 99.0 cm³/mol. The lowest BCUT2D eigenvalue weighted by molar-refractivity contribution is 0.0321. The highest BCUT2D eigenvalue weighted by Crippen LogP contribution is 2.31. The van der Waals surface area contributed by atoms with Gasteiger partial charge in [-0.1, -0.05) is 33.8 Å². The fourth-order valence-corrected chi connectivity index (χ4v) is 3.36. The molecular weight excluding hydrogens is 298 g/mol. The molecule has 2 aliphatic heterocycles. The second-order valence-electron chi connectivity index (χ2n) is 7.08. The Labute approximate surface area is 147 Å². The number of pyridine rings is 1. The fourth-order valence-electron chi connectivity index (χ4n) is 3.36. The van der Waals surface area contributed by atoms with E-state index in [1.165, 1.54) is 0 Å². The molecule has 3 heterocycles. The molecule has 0 aliphatic carbocycles. The average Bonchev–Trinajstić information content (AvgIpc) is 3.09. The zero-order chi connectivity index (χ0) is 17.7. The molecule has 4 nitrogen and oxygen atoms in total. The van der Waals surface area contributed by atoms with Gasteiger partial charge in [0, 0.05) is 32.2 Å². The number of rotatable bonds is 4. The number of amides is 1. The summed E-state index contributed by atoms with van der Waals surface area (Å²) >= 11 is 0. The van der Waals surface area contributed by atoms with Gasteiger partial charge in [-0.2, -0.15) is 0 Å². The first-order chi connectivity index (χ1) is 11.6. The summed E-state index contributed by atoms with van der Waals surface area (Å²) in [4.78, 5) is 21.5. The van der Waals surface area contributed by atoms with E-state index in [0.717, 1.165) is 56.6 Å². The molecule has 0 radical (unpaired) electrons. The number of nitrogens with zero attached hydrogens (tertiary/aromatic N) is 3. The maximum absolute atomic E-state index is 12.5. The van der Waals surface area contributed by atoms with E-state index in [-0.39, 0.29) is 5.91 Å². The highest BCUT2D eigenvalue weighted by molar-refractivity contribution is 5.92. The van der Waals surface area contributed by atoms with Crippen molar-refractivity contribution < 1.29 is 4.79 Å². The Bertz CT molecular complexity index is 531. The van der Waals surface area contributed by atoms with Crippen molar-refractivity contribution in [2.75, 3.05) is 26.2 Å². The van der Waals surface area contributed by atoms with E-state index in [4.69, 9.17) is 0 Å². The topological polar surface area (TPSA) is 36.4 Å². The van der Waals surface area contributed by atoms with E-state index >= 15 is 0 Å². The molecule has 24 heavy (non-hydrogen) atoms. The molecule has 2 aliphatic rings. The summed E-state index contributed by atoms with van der Waals surface area (Å²) in [7, 11) is 0. The lowest BCUT2D eigenvalue weighted by Crippen LogP contribution is -2.49. The highest BCUT2D eigenvalue weighted by Gasteiger charge is 2.33. The van der Waals surface area contributed by atoms with Crippen molar-refractivity contribution in [1.29, 1.82) is 0 Å². The summed E-state index contributed by atoms with van der Waals surface area (Å²) in [5.41, 5.74) is 1.62. The Balaban J connectivity index is 0.00000100. The summed E-state index contributed by atoms with van der Waals surface area (Å²) in [6.45, 7) is 14.8. The van der Waals surface area contributed by atoms with Crippen LogP contribution in [0.4, 0.5) is 0 Å². The van der Waals surface area contributed by atoms with Gasteiger partial charge in [-0.25, -0.2) is 4.98 Å². The molecular formula is C20H33N3O. The molecule has 1 aromatic heterocycles. The Kier molecular flexibility index (Phi) is 6.79. The number of likely N-dealkylation sites (tertiary alicyclic amines) is 2. The van der Waals surface area contributed by atoms with Crippen LogP contribution in [-0.2, 0) is 0 Å². The molecule has 0 spiro atoms. The summed E-state index contributed by atoms with van der Waals surface area (Å²) in [5.74, 6) is 1.64. The summed E-state index contributed by atoms with van der Waals surface area (Å²) in [5, 5.41) is 0. The molecule has 0 saturated carbocycles. The second-order valence-corrected chi connectivity index (χ2v) is 7.08. The van der Waals surface area contributed by atoms with E-state index in [1.54, 1.807) is 0 Å². The molecule has 0 aromatic carbocycles. The zero-order valence-electron chi connectivity index (χ0n) is 16.0. The molecule has 1 aromatic rings. The van der Waals surface area contributed by atoms with Gasteiger partial charge >= 0.3 is 0 Å². The second kappa shape index (κ2) is 8.61. The summed E-state index contributed by atoms with van der Waals surface area (Å²) < 4.78 is 0. The van der Waals surface area contributed by atoms with E-state index in [0.29, 0.717) is 11.7 Å². The van der Waals surface area contributed by atoms with Gasteiger partial charge in [0.1, 0.15) is 5.69 Å². The normalized spacial score (nSPS) is 19.7. The van der Waals surface area contributed by atoms with Crippen LogP contribution in [-0.4, -0.2) is 46.9 Å². The largest absolute Gasteiger partial charge is 0.337 e. The summed E-state index contributed by atoms with van der Waals surface area (Å²) in [6.07, 6.45) is 2.23. The van der Waals surface area contributed by atoms with Gasteiger partial charge in [-0.3, -0.25) is 9.69 Å². The minimum atomic E-state index is 0.0928. The number of aromatic nitrogens is 1. The third kappa shape index (κ3) is 4.15. The van der Waals surface area contributed by atoms with Crippen LogP contribution in [0.15, 0.2) is 18.2 Å². The van der Waals surface area contributed by atoms with Gasteiger partial charge in [0.05, 0.1) is 5.69 Å². The van der Waals surface area contributed by atoms with Gasteiger partial charge in [-0.15, -0.1) is 0 Å². The smallest absolute Gasteiger partial charge is 0.272 e. The molecule has 1 unspecified atom stereocenters. The zero-order valence-corrected chi connectivity index (χ0v) is 16.0. The Morgan fingerprint density at radius 2 is 1.75 bits per heavy atom. The molecule has 4 heteroatoms. The van der Waals surface area contributed by atoms with Crippen molar-refractivity contribution in [3.8, 4) is 0 Å². The average molecular weight is 332 g/mol. The molecule has 1 amide bonds. The van der Waals surface area contributed by atoms with Crippen LogP contribution in [0, 0.1) is 11.8 Å². The first kappa shape index (κ1) is 18.9. The predicted octanol–water partition coefficient (Wildman–Crippen LogP) is 3.99. The fraction of sp³-hybridized carbons (Fsp3) is 0.700. The van der Waals surface area contributed by atoms with Crippen molar-refractivity contribution in [3.05, 3.63) is 29.6 Å². The van der Waals surface area contributed by atoms with Crippen LogP contribution in [0.5, 0.6) is 0 Å². The SMILES string of the molecule is CC.CC(C)C1CN(C(C)c2cccc(C(=O)N3CCCC3)n2)C1. The number of hydrogen-bond donors (Lipinski definition) is 0. The standard InChI is InChI=1S/C18H27N3O.C2H6/c1-13(2)15-11-21(12-15)14(3)16-7-6-8-17(19-16)18(22)20-9-4-5-10-20;1-2/h6-8,13-15H,4-5,9-12H2,1-3H3;1-2H3. The maximum Gasteiger partial charge on any atom is 0.272 e. The Morgan fingerprint density at radius 3 is 2.33 bits per heavy atom. The molecule has 0 N–H and O–H groups in total. The van der Waals surface area contributed by atoms with Crippen LogP contribution in [0.1, 0.15) is 69.7 Å². The van der Waals surface area contributed by atoms with Crippen molar-refractivity contribution in [3.63, 3.8) is 0 Å². The minimum Gasteiger partial charge on any atom is -0.337 e. The lowest BCUT2D eigenvalue weighted by atomic mass is 9.87. The van der Waals surface area contributed by atoms with Crippen molar-refractivity contribution in [2.45, 2.75) is 53.5 Å². The van der Waals surface area contributed by atoms with Crippen LogP contribution in [0.2, 0.25) is 0 Å². The van der Waals surface area contributed by atoms with Crippen molar-refractivity contribution >= 4 is 5.91 Å². The Morgan fingerprint density at radius 1 is 1.12 bits per heavy atom. The highest BCUT2D eigenvalue weighted by atomic mass is 16.2. The first-order valence-electron chi connectivity index (χ1n) is 9.56. The van der Waals surface area contributed by atoms with Crippen LogP contribution in [0.25, 0.3) is 0 Å². The van der Waals surface area contributed by atoms with Crippen LogP contribution < -0.4 is 0 Å². The first-order valence-corrected chi connectivity index (χ1v) is 9.56. The van der Waals surface area contributed by atoms with Crippen molar-refractivity contribution in [2.24, 2.45) is 11.8 Å². The third-order valence-corrected chi connectivity index (χ3v) is 5.24. The maximum atomic E-state index is 12.5.